The Hall–Kier alpha value is -1.65. The predicted octanol–water partition coefficient (Wildman–Crippen LogP) is 6.39. The van der Waals surface area contributed by atoms with Crippen molar-refractivity contribution in [1.29, 1.82) is 0 Å². The van der Waals surface area contributed by atoms with Gasteiger partial charge < -0.3 is 9.47 Å². The molecule has 2 saturated carbocycles. The van der Waals surface area contributed by atoms with Gasteiger partial charge in [-0.1, -0.05) is 66.9 Å². The van der Waals surface area contributed by atoms with Gasteiger partial charge in [-0.15, -0.1) is 0 Å². The average molecular weight is 489 g/mol. The van der Waals surface area contributed by atoms with Crippen LogP contribution in [0.3, 0.4) is 0 Å². The minimum atomic E-state index is -0.951. The Morgan fingerprint density at radius 2 is 1.20 bits per heavy atom. The van der Waals surface area contributed by atoms with Gasteiger partial charge in [-0.05, 0) is 80.1 Å². The molecule has 3 rings (SSSR count). The topological polar surface area (TPSA) is 69.7 Å². The Labute approximate surface area is 212 Å². The third-order valence-corrected chi connectivity index (χ3v) is 9.18. The largest absolute Gasteiger partial charge is 0.462 e. The number of rotatable bonds is 6. The third kappa shape index (κ3) is 6.38. The number of ether oxygens (including phenoxy) is 2. The van der Waals surface area contributed by atoms with Crippen molar-refractivity contribution in [2.24, 2.45) is 53.3 Å². The lowest BCUT2D eigenvalue weighted by Crippen LogP contribution is -2.46. The Kier molecular flexibility index (Phi) is 9.26. The van der Waals surface area contributed by atoms with Crippen molar-refractivity contribution in [2.45, 2.75) is 106 Å². The second-order valence-electron chi connectivity index (χ2n) is 12.7. The van der Waals surface area contributed by atoms with E-state index in [0.717, 1.165) is 38.5 Å². The van der Waals surface area contributed by atoms with Crippen LogP contribution in [-0.4, -0.2) is 29.9 Å². The van der Waals surface area contributed by atoms with E-state index in [0.29, 0.717) is 41.1 Å². The molecule has 0 unspecified atom stereocenters. The van der Waals surface area contributed by atoms with Gasteiger partial charge in [-0.2, -0.15) is 0 Å². The molecule has 0 amide bonds. The smallest absolute Gasteiger partial charge is 0.317 e. The van der Waals surface area contributed by atoms with Crippen molar-refractivity contribution >= 4 is 17.7 Å². The fourth-order valence-electron chi connectivity index (χ4n) is 6.95. The third-order valence-electron chi connectivity index (χ3n) is 9.18. The molecule has 0 N–H and O–H groups in total. The zero-order valence-electron chi connectivity index (χ0n) is 23.2. The quantitative estimate of drug-likeness (QED) is 0.320. The maximum Gasteiger partial charge on any atom is 0.317 e. The average Bonchev–Trinajstić information content (AvgIpc) is 2.72. The first kappa shape index (κ1) is 27.9. The molecule has 9 atom stereocenters. The highest BCUT2D eigenvalue weighted by Gasteiger charge is 2.47. The molecule has 0 bridgehead atoms. The molecule has 0 radical (unpaired) electrons. The van der Waals surface area contributed by atoms with Crippen molar-refractivity contribution in [1.82, 2.24) is 0 Å². The standard InChI is InChI=1S/C30H48O5/c1-16(2)22-11-9-18(5)13-25(22)34-29(32)27-20(7)15-24(31)28(21(27)8)30(33)35-26-14-19(6)10-12-23(26)17(3)4/h15-19,21-23,25-28H,9-14H2,1-8H3/t18-,19-,21+,22+,23-,25-,26-,27+,28+/m1/s1. The fraction of sp³-hybridized carbons (Fsp3) is 0.833. The highest BCUT2D eigenvalue weighted by atomic mass is 16.5. The highest BCUT2D eigenvalue weighted by Crippen LogP contribution is 2.40. The summed E-state index contributed by atoms with van der Waals surface area (Å²) in [4.78, 5) is 39.9. The van der Waals surface area contributed by atoms with Gasteiger partial charge in [0.05, 0.1) is 5.92 Å². The van der Waals surface area contributed by atoms with Crippen LogP contribution in [0.15, 0.2) is 11.6 Å². The van der Waals surface area contributed by atoms with Gasteiger partial charge in [-0.3, -0.25) is 14.4 Å². The number of carbonyl (C=O) groups excluding carboxylic acids is 3. The zero-order valence-corrected chi connectivity index (χ0v) is 23.2. The predicted molar refractivity (Wildman–Crippen MR) is 137 cm³/mol. The molecule has 0 spiro atoms. The molecule has 3 aliphatic carbocycles. The molecule has 0 aliphatic heterocycles. The molecule has 0 aromatic rings. The fourth-order valence-corrected chi connectivity index (χ4v) is 6.95. The Morgan fingerprint density at radius 1 is 0.771 bits per heavy atom. The van der Waals surface area contributed by atoms with E-state index in [1.165, 1.54) is 6.08 Å². The molecule has 0 aromatic heterocycles. The second kappa shape index (κ2) is 11.6. The number of hydrogen-bond acceptors (Lipinski definition) is 5. The molecule has 198 valence electrons. The number of carbonyl (C=O) groups is 3. The van der Waals surface area contributed by atoms with Crippen LogP contribution in [0.1, 0.15) is 93.9 Å². The van der Waals surface area contributed by atoms with Gasteiger partial charge in [0.1, 0.15) is 18.1 Å². The molecular formula is C30H48O5. The number of hydrogen-bond donors (Lipinski definition) is 0. The summed E-state index contributed by atoms with van der Waals surface area (Å²) < 4.78 is 12.2. The van der Waals surface area contributed by atoms with E-state index in [1.807, 2.05) is 13.8 Å². The number of esters is 2. The summed E-state index contributed by atoms with van der Waals surface area (Å²) in [6.07, 6.45) is 7.32. The Balaban J connectivity index is 1.75. The molecule has 5 heteroatoms. The van der Waals surface area contributed by atoms with Gasteiger partial charge >= 0.3 is 11.9 Å². The molecule has 2 fully saturated rings. The first-order valence-electron chi connectivity index (χ1n) is 14.0. The maximum atomic E-state index is 13.5. The molecule has 0 saturated heterocycles. The number of ketones is 1. The second-order valence-corrected chi connectivity index (χ2v) is 12.7. The summed E-state index contributed by atoms with van der Waals surface area (Å²) in [6.45, 7) is 16.8. The summed E-state index contributed by atoms with van der Waals surface area (Å²) >= 11 is 0. The summed E-state index contributed by atoms with van der Waals surface area (Å²) in [5.41, 5.74) is 0.688. The van der Waals surface area contributed by atoms with Gasteiger partial charge in [0.25, 0.3) is 0 Å². The van der Waals surface area contributed by atoms with Gasteiger partial charge in [0.2, 0.25) is 0 Å². The van der Waals surface area contributed by atoms with E-state index in [9.17, 15) is 14.4 Å². The SMILES string of the molecule is CC1=CC(=O)[C@@H](C(=O)O[C@@H]2C[C@H](C)CC[C@@H]2C(C)C)[C@@H](C)[C@H]1C(=O)O[C@@H]1C[C@H](C)CC[C@H]1C(C)C. The van der Waals surface area contributed by atoms with Crippen molar-refractivity contribution in [3.05, 3.63) is 11.6 Å². The molecule has 0 aromatic carbocycles. The van der Waals surface area contributed by atoms with E-state index in [-0.39, 0.29) is 24.0 Å². The van der Waals surface area contributed by atoms with E-state index >= 15 is 0 Å². The van der Waals surface area contributed by atoms with Crippen LogP contribution in [-0.2, 0) is 23.9 Å². The summed E-state index contributed by atoms with van der Waals surface area (Å²) in [7, 11) is 0. The van der Waals surface area contributed by atoms with Crippen LogP contribution in [0, 0.1) is 53.3 Å². The van der Waals surface area contributed by atoms with Crippen LogP contribution in [0.5, 0.6) is 0 Å². The Bertz CT molecular complexity index is 812. The normalized spacial score (nSPS) is 38.3. The summed E-state index contributed by atoms with van der Waals surface area (Å²) in [5, 5.41) is 0. The van der Waals surface area contributed by atoms with Crippen molar-refractivity contribution in [2.75, 3.05) is 0 Å². The number of allylic oxidation sites excluding steroid dienone is 1. The van der Waals surface area contributed by atoms with E-state index in [1.54, 1.807) is 0 Å². The summed E-state index contributed by atoms with van der Waals surface area (Å²) in [5.74, 6) is -0.511. The lowest BCUT2D eigenvalue weighted by atomic mass is 9.71. The van der Waals surface area contributed by atoms with E-state index < -0.39 is 23.7 Å². The highest BCUT2D eigenvalue weighted by molar-refractivity contribution is 6.07. The van der Waals surface area contributed by atoms with Crippen LogP contribution in [0.2, 0.25) is 0 Å². The summed E-state index contributed by atoms with van der Waals surface area (Å²) in [6, 6.07) is 0. The van der Waals surface area contributed by atoms with Crippen LogP contribution < -0.4 is 0 Å². The van der Waals surface area contributed by atoms with Crippen molar-refractivity contribution < 1.29 is 23.9 Å². The molecule has 5 nitrogen and oxygen atoms in total. The minimum Gasteiger partial charge on any atom is -0.462 e. The van der Waals surface area contributed by atoms with Crippen molar-refractivity contribution in [3.8, 4) is 0 Å². The van der Waals surface area contributed by atoms with Crippen LogP contribution >= 0.6 is 0 Å². The monoisotopic (exact) mass is 488 g/mol. The van der Waals surface area contributed by atoms with Gasteiger partial charge in [0, 0.05) is 0 Å². The molecular weight excluding hydrogens is 440 g/mol. The zero-order chi connectivity index (χ0) is 26.0. The van der Waals surface area contributed by atoms with Crippen LogP contribution in [0.4, 0.5) is 0 Å². The first-order valence-corrected chi connectivity index (χ1v) is 14.0. The molecule has 35 heavy (non-hydrogen) atoms. The van der Waals surface area contributed by atoms with Gasteiger partial charge in [-0.25, -0.2) is 0 Å². The molecule has 3 aliphatic rings. The molecule has 0 heterocycles. The van der Waals surface area contributed by atoms with E-state index in [2.05, 4.69) is 41.5 Å². The maximum absolute atomic E-state index is 13.5. The van der Waals surface area contributed by atoms with E-state index in [4.69, 9.17) is 9.47 Å². The Morgan fingerprint density at radius 3 is 1.63 bits per heavy atom. The lowest BCUT2D eigenvalue weighted by molar-refractivity contribution is -0.169. The van der Waals surface area contributed by atoms with Crippen molar-refractivity contribution in [3.63, 3.8) is 0 Å². The van der Waals surface area contributed by atoms with Gasteiger partial charge in [0.15, 0.2) is 5.78 Å². The van der Waals surface area contributed by atoms with Crippen LogP contribution in [0.25, 0.3) is 0 Å². The first-order chi connectivity index (χ1) is 16.4. The minimum absolute atomic E-state index is 0.107. The lowest BCUT2D eigenvalue weighted by Gasteiger charge is -2.40.